The van der Waals surface area contributed by atoms with E-state index in [1.54, 1.807) is 19.2 Å². The molecular formula is C14H16FN3O3S. The fourth-order valence-corrected chi connectivity index (χ4v) is 4.54. The maximum atomic E-state index is 13.1. The third kappa shape index (κ3) is 2.53. The van der Waals surface area contributed by atoms with Gasteiger partial charge < -0.3 is 5.11 Å². The van der Waals surface area contributed by atoms with Crippen LogP contribution in [0.25, 0.3) is 0 Å². The SMILES string of the molecule is Cn1nccc1S(=O)(=O)N1C[C@@H](O)C[C@@H]1c1ccc(F)cc1. The van der Waals surface area contributed by atoms with Crippen LogP contribution in [0.5, 0.6) is 0 Å². The van der Waals surface area contributed by atoms with Gasteiger partial charge in [-0.25, -0.2) is 12.8 Å². The summed E-state index contributed by atoms with van der Waals surface area (Å²) in [6.07, 6.45) is 0.938. The molecule has 0 radical (unpaired) electrons. The number of halogens is 1. The zero-order chi connectivity index (χ0) is 15.9. The fourth-order valence-electron chi connectivity index (χ4n) is 2.77. The number of sulfonamides is 1. The predicted molar refractivity (Wildman–Crippen MR) is 76.9 cm³/mol. The standard InChI is InChI=1S/C14H16FN3O3S/c1-17-14(6-7-16-17)22(20,21)18-9-12(19)8-13(18)10-2-4-11(15)5-3-10/h2-7,12-13,19H,8-9H2,1H3/t12-,13+/m0/s1. The quantitative estimate of drug-likeness (QED) is 0.915. The molecule has 2 heterocycles. The number of hydrogen-bond donors (Lipinski definition) is 1. The lowest BCUT2D eigenvalue weighted by molar-refractivity contribution is 0.188. The Balaban J connectivity index is 2.01. The van der Waals surface area contributed by atoms with Gasteiger partial charge in [0.1, 0.15) is 5.82 Å². The second-order valence-corrected chi connectivity index (χ2v) is 7.16. The molecule has 6 nitrogen and oxygen atoms in total. The van der Waals surface area contributed by atoms with Crippen molar-refractivity contribution < 1.29 is 17.9 Å². The van der Waals surface area contributed by atoms with Gasteiger partial charge in [-0.2, -0.15) is 9.40 Å². The number of aryl methyl sites for hydroxylation is 1. The van der Waals surface area contributed by atoms with Crippen LogP contribution in [0.3, 0.4) is 0 Å². The van der Waals surface area contributed by atoms with Crippen molar-refractivity contribution >= 4 is 10.0 Å². The highest BCUT2D eigenvalue weighted by atomic mass is 32.2. The van der Waals surface area contributed by atoms with E-state index in [4.69, 9.17) is 0 Å². The van der Waals surface area contributed by atoms with Crippen LogP contribution in [0.4, 0.5) is 4.39 Å². The van der Waals surface area contributed by atoms with Crippen molar-refractivity contribution in [3.8, 4) is 0 Å². The van der Waals surface area contributed by atoms with Crippen molar-refractivity contribution in [1.29, 1.82) is 0 Å². The molecule has 0 amide bonds. The Hall–Kier alpha value is -1.77. The molecule has 8 heteroatoms. The first-order valence-corrected chi connectivity index (χ1v) is 8.27. The van der Waals surface area contributed by atoms with Crippen molar-refractivity contribution in [2.75, 3.05) is 6.54 Å². The number of aromatic nitrogens is 2. The number of benzene rings is 1. The molecule has 118 valence electrons. The summed E-state index contributed by atoms with van der Waals surface area (Å²) in [6.45, 7) is 0.00948. The Morgan fingerprint density at radius 2 is 1.95 bits per heavy atom. The molecule has 0 bridgehead atoms. The molecule has 1 saturated heterocycles. The van der Waals surface area contributed by atoms with Crippen LogP contribution in [-0.4, -0.2) is 40.3 Å². The third-order valence-electron chi connectivity index (χ3n) is 3.84. The Labute approximate surface area is 127 Å². The van der Waals surface area contributed by atoms with Gasteiger partial charge >= 0.3 is 0 Å². The second kappa shape index (κ2) is 5.45. The van der Waals surface area contributed by atoms with Gasteiger partial charge in [0.15, 0.2) is 5.03 Å². The highest BCUT2D eigenvalue weighted by Gasteiger charge is 2.41. The minimum absolute atomic E-state index is 0.00948. The van der Waals surface area contributed by atoms with E-state index in [2.05, 4.69) is 5.10 Å². The van der Waals surface area contributed by atoms with E-state index in [1.807, 2.05) is 0 Å². The normalized spacial score (nSPS) is 23.0. The molecule has 1 aromatic heterocycles. The van der Waals surface area contributed by atoms with Crippen LogP contribution >= 0.6 is 0 Å². The number of aliphatic hydroxyl groups excluding tert-OH is 1. The van der Waals surface area contributed by atoms with Gasteiger partial charge in [-0.05, 0) is 30.2 Å². The van der Waals surface area contributed by atoms with Crippen LogP contribution in [0, 0.1) is 5.82 Å². The fraction of sp³-hybridized carbons (Fsp3) is 0.357. The van der Waals surface area contributed by atoms with Gasteiger partial charge in [0.25, 0.3) is 10.0 Å². The number of rotatable bonds is 3. The van der Waals surface area contributed by atoms with E-state index in [1.165, 1.54) is 33.4 Å². The number of β-amino-alcohol motifs (C(OH)–C–C–N with tert-alkyl or cyclic N) is 1. The molecule has 1 aliphatic rings. The van der Waals surface area contributed by atoms with E-state index in [9.17, 15) is 17.9 Å². The molecule has 0 spiro atoms. The number of nitrogens with zero attached hydrogens (tertiary/aromatic N) is 3. The maximum absolute atomic E-state index is 13.1. The first-order valence-electron chi connectivity index (χ1n) is 6.83. The van der Waals surface area contributed by atoms with Crippen molar-refractivity contribution in [2.45, 2.75) is 23.6 Å². The van der Waals surface area contributed by atoms with Gasteiger partial charge in [-0.3, -0.25) is 4.68 Å². The average Bonchev–Trinajstić information content (AvgIpc) is 3.06. The van der Waals surface area contributed by atoms with Gasteiger partial charge in [0, 0.05) is 13.6 Å². The molecule has 22 heavy (non-hydrogen) atoms. The molecular weight excluding hydrogens is 309 g/mol. The zero-order valence-corrected chi connectivity index (χ0v) is 12.7. The molecule has 1 aromatic carbocycles. The van der Waals surface area contributed by atoms with Crippen molar-refractivity contribution in [3.63, 3.8) is 0 Å². The molecule has 2 atom stereocenters. The molecule has 1 aliphatic heterocycles. The van der Waals surface area contributed by atoms with Crippen LogP contribution in [0.15, 0.2) is 41.6 Å². The number of aliphatic hydroxyl groups is 1. The smallest absolute Gasteiger partial charge is 0.260 e. The maximum Gasteiger partial charge on any atom is 0.260 e. The first kappa shape index (κ1) is 15.1. The summed E-state index contributed by atoms with van der Waals surface area (Å²) in [5, 5.41) is 13.9. The summed E-state index contributed by atoms with van der Waals surface area (Å²) < 4.78 is 41.2. The molecule has 0 aliphatic carbocycles. The molecule has 1 N–H and O–H groups in total. The summed E-state index contributed by atoms with van der Waals surface area (Å²) in [6, 6.07) is 6.56. The van der Waals surface area contributed by atoms with Gasteiger partial charge in [-0.1, -0.05) is 12.1 Å². The van der Waals surface area contributed by atoms with E-state index in [-0.39, 0.29) is 23.8 Å². The predicted octanol–water partition coefficient (Wildman–Crippen LogP) is 1.06. The minimum atomic E-state index is -3.79. The van der Waals surface area contributed by atoms with E-state index in [0.717, 1.165) is 0 Å². The largest absolute Gasteiger partial charge is 0.392 e. The van der Waals surface area contributed by atoms with Gasteiger partial charge in [0.05, 0.1) is 18.3 Å². The number of hydrogen-bond acceptors (Lipinski definition) is 4. The van der Waals surface area contributed by atoms with Crippen LogP contribution in [0.1, 0.15) is 18.0 Å². The van der Waals surface area contributed by atoms with Crippen molar-refractivity contribution in [3.05, 3.63) is 47.9 Å². The first-order chi connectivity index (χ1) is 10.4. The van der Waals surface area contributed by atoms with Crippen LogP contribution in [0.2, 0.25) is 0 Å². The van der Waals surface area contributed by atoms with Crippen molar-refractivity contribution in [1.82, 2.24) is 14.1 Å². The van der Waals surface area contributed by atoms with Gasteiger partial charge in [-0.15, -0.1) is 0 Å². The average molecular weight is 325 g/mol. The Morgan fingerprint density at radius 1 is 1.27 bits per heavy atom. The van der Waals surface area contributed by atoms with Crippen molar-refractivity contribution in [2.24, 2.45) is 7.05 Å². The lowest BCUT2D eigenvalue weighted by Gasteiger charge is -2.23. The van der Waals surface area contributed by atoms with E-state index >= 15 is 0 Å². The highest BCUT2D eigenvalue weighted by molar-refractivity contribution is 7.89. The summed E-state index contributed by atoms with van der Waals surface area (Å²) in [7, 11) is -2.24. The summed E-state index contributed by atoms with van der Waals surface area (Å²) >= 11 is 0. The van der Waals surface area contributed by atoms with Crippen LogP contribution < -0.4 is 0 Å². The third-order valence-corrected chi connectivity index (χ3v) is 5.79. The van der Waals surface area contributed by atoms with Crippen LogP contribution in [-0.2, 0) is 17.1 Å². The van der Waals surface area contributed by atoms with E-state index in [0.29, 0.717) is 5.56 Å². The zero-order valence-electron chi connectivity index (χ0n) is 11.9. The Kier molecular flexibility index (Phi) is 3.75. The Morgan fingerprint density at radius 3 is 2.55 bits per heavy atom. The molecule has 0 unspecified atom stereocenters. The minimum Gasteiger partial charge on any atom is -0.392 e. The highest BCUT2D eigenvalue weighted by Crippen LogP contribution is 2.36. The topological polar surface area (TPSA) is 75.4 Å². The monoisotopic (exact) mass is 325 g/mol. The van der Waals surface area contributed by atoms with E-state index < -0.39 is 22.2 Å². The second-order valence-electron chi connectivity index (χ2n) is 5.32. The summed E-state index contributed by atoms with van der Waals surface area (Å²) in [4.78, 5) is 0. The lowest BCUT2D eigenvalue weighted by atomic mass is 10.0. The summed E-state index contributed by atoms with van der Waals surface area (Å²) in [5.41, 5.74) is 0.656. The summed E-state index contributed by atoms with van der Waals surface area (Å²) in [5.74, 6) is -0.386. The molecule has 3 rings (SSSR count). The molecule has 0 saturated carbocycles. The Bertz CT molecular complexity index is 773. The molecule has 2 aromatic rings. The lowest BCUT2D eigenvalue weighted by Crippen LogP contribution is -2.33. The molecule has 1 fully saturated rings. The van der Waals surface area contributed by atoms with Gasteiger partial charge in [0.2, 0.25) is 0 Å².